The SMILES string of the molecule is CC1CN(C(C)(C)CNC(=O)CCN)CC(C)O1.Cl. The molecule has 2 atom stereocenters. The van der Waals surface area contributed by atoms with Crippen molar-refractivity contribution in [2.45, 2.75) is 51.9 Å². The van der Waals surface area contributed by atoms with Gasteiger partial charge >= 0.3 is 0 Å². The van der Waals surface area contributed by atoms with Crippen LogP contribution < -0.4 is 11.1 Å². The van der Waals surface area contributed by atoms with Crippen LogP contribution in [-0.2, 0) is 9.53 Å². The number of ether oxygens (including phenoxy) is 1. The van der Waals surface area contributed by atoms with Gasteiger partial charge in [0.05, 0.1) is 12.2 Å². The van der Waals surface area contributed by atoms with Gasteiger partial charge in [-0.15, -0.1) is 12.4 Å². The van der Waals surface area contributed by atoms with Gasteiger partial charge in [-0.25, -0.2) is 0 Å². The third-order valence-electron chi connectivity index (χ3n) is 3.37. The van der Waals surface area contributed by atoms with Crippen molar-refractivity contribution in [1.82, 2.24) is 10.2 Å². The van der Waals surface area contributed by atoms with Crippen LogP contribution in [0.1, 0.15) is 34.1 Å². The lowest BCUT2D eigenvalue weighted by Crippen LogP contribution is -2.58. The molecular formula is C13H28ClN3O2. The van der Waals surface area contributed by atoms with Gasteiger partial charge in [-0.1, -0.05) is 0 Å². The van der Waals surface area contributed by atoms with Crippen LogP contribution in [-0.4, -0.2) is 54.7 Å². The van der Waals surface area contributed by atoms with E-state index in [1.807, 2.05) is 0 Å². The minimum atomic E-state index is -0.0590. The van der Waals surface area contributed by atoms with Crippen LogP contribution in [0.25, 0.3) is 0 Å². The largest absolute Gasteiger partial charge is 0.373 e. The smallest absolute Gasteiger partial charge is 0.221 e. The first-order valence-corrected chi connectivity index (χ1v) is 6.72. The number of nitrogens with zero attached hydrogens (tertiary/aromatic N) is 1. The zero-order valence-electron chi connectivity index (χ0n) is 12.4. The summed E-state index contributed by atoms with van der Waals surface area (Å²) in [5.74, 6) is 0.0277. The zero-order valence-corrected chi connectivity index (χ0v) is 13.3. The summed E-state index contributed by atoms with van der Waals surface area (Å²) in [6.07, 6.45) is 0.881. The fraction of sp³-hybridized carbons (Fsp3) is 0.923. The molecule has 1 saturated heterocycles. The van der Waals surface area contributed by atoms with E-state index in [9.17, 15) is 4.79 Å². The Bertz CT molecular complexity index is 277. The first-order valence-electron chi connectivity index (χ1n) is 6.72. The molecule has 0 aliphatic carbocycles. The molecule has 0 radical (unpaired) electrons. The van der Waals surface area contributed by atoms with E-state index in [2.05, 4.69) is 37.9 Å². The van der Waals surface area contributed by atoms with E-state index in [1.165, 1.54) is 0 Å². The summed E-state index contributed by atoms with van der Waals surface area (Å²) < 4.78 is 5.73. The number of nitrogens with two attached hydrogens (primary N) is 1. The summed E-state index contributed by atoms with van der Waals surface area (Å²) in [7, 11) is 0. The first-order chi connectivity index (χ1) is 8.35. The van der Waals surface area contributed by atoms with E-state index < -0.39 is 0 Å². The lowest BCUT2D eigenvalue weighted by molar-refractivity contribution is -0.122. The molecule has 19 heavy (non-hydrogen) atoms. The lowest BCUT2D eigenvalue weighted by Gasteiger charge is -2.45. The van der Waals surface area contributed by atoms with Gasteiger partial charge in [-0.2, -0.15) is 0 Å². The lowest BCUT2D eigenvalue weighted by atomic mass is 10.00. The fourth-order valence-electron chi connectivity index (χ4n) is 2.32. The van der Waals surface area contributed by atoms with E-state index in [0.29, 0.717) is 19.5 Å². The van der Waals surface area contributed by atoms with Crippen molar-refractivity contribution in [3.63, 3.8) is 0 Å². The van der Waals surface area contributed by atoms with Crippen LogP contribution in [0.4, 0.5) is 0 Å². The number of nitrogens with one attached hydrogen (secondary N) is 1. The van der Waals surface area contributed by atoms with E-state index in [-0.39, 0.29) is 36.1 Å². The van der Waals surface area contributed by atoms with Crippen LogP contribution in [0.15, 0.2) is 0 Å². The van der Waals surface area contributed by atoms with Crippen LogP contribution in [0, 0.1) is 0 Å². The summed E-state index contributed by atoms with van der Waals surface area (Å²) in [5, 5.41) is 2.95. The third kappa shape index (κ3) is 6.08. The highest BCUT2D eigenvalue weighted by molar-refractivity contribution is 5.85. The Morgan fingerprint density at radius 1 is 1.37 bits per heavy atom. The molecule has 0 spiro atoms. The van der Waals surface area contributed by atoms with Crippen LogP contribution >= 0.6 is 12.4 Å². The number of amides is 1. The minimum absolute atomic E-state index is 0. The average molecular weight is 294 g/mol. The van der Waals surface area contributed by atoms with Gasteiger partial charge < -0.3 is 15.8 Å². The van der Waals surface area contributed by atoms with Crippen molar-refractivity contribution < 1.29 is 9.53 Å². The number of halogens is 1. The molecular weight excluding hydrogens is 266 g/mol. The highest BCUT2D eigenvalue weighted by atomic mass is 35.5. The van der Waals surface area contributed by atoms with Crippen LogP contribution in [0.5, 0.6) is 0 Å². The normalized spacial score (nSPS) is 24.7. The molecule has 0 aromatic carbocycles. The molecule has 1 aliphatic heterocycles. The highest BCUT2D eigenvalue weighted by Gasteiger charge is 2.33. The maximum Gasteiger partial charge on any atom is 0.221 e. The fourth-order valence-corrected chi connectivity index (χ4v) is 2.32. The molecule has 2 unspecified atom stereocenters. The summed E-state index contributed by atoms with van der Waals surface area (Å²) in [5.41, 5.74) is 5.30. The third-order valence-corrected chi connectivity index (χ3v) is 3.37. The average Bonchev–Trinajstić information content (AvgIpc) is 2.26. The predicted octanol–water partition coefficient (Wildman–Crippen LogP) is 0.761. The summed E-state index contributed by atoms with van der Waals surface area (Å²) >= 11 is 0. The molecule has 0 aromatic rings. The van der Waals surface area contributed by atoms with Gasteiger partial charge in [0.25, 0.3) is 0 Å². The number of carbonyl (C=O) groups excluding carboxylic acids is 1. The zero-order chi connectivity index (χ0) is 13.8. The van der Waals surface area contributed by atoms with E-state index in [4.69, 9.17) is 10.5 Å². The maximum absolute atomic E-state index is 11.5. The molecule has 5 nitrogen and oxygen atoms in total. The summed E-state index contributed by atoms with van der Waals surface area (Å²) in [4.78, 5) is 13.9. The summed E-state index contributed by atoms with van der Waals surface area (Å²) in [6, 6.07) is 0. The Morgan fingerprint density at radius 3 is 2.37 bits per heavy atom. The first kappa shape index (κ1) is 18.6. The number of hydrogen-bond acceptors (Lipinski definition) is 4. The standard InChI is InChI=1S/C13H27N3O2.ClH/c1-10-7-16(8-11(2)18-10)13(3,4)9-15-12(17)5-6-14;/h10-11H,5-9,14H2,1-4H3,(H,15,17);1H. The van der Waals surface area contributed by atoms with Crippen molar-refractivity contribution in [2.75, 3.05) is 26.2 Å². The molecule has 0 bridgehead atoms. The Kier molecular flexibility index (Phi) is 7.89. The number of hydrogen-bond donors (Lipinski definition) is 2. The number of rotatable bonds is 5. The maximum atomic E-state index is 11.5. The summed E-state index contributed by atoms with van der Waals surface area (Å²) in [6.45, 7) is 11.3. The van der Waals surface area contributed by atoms with E-state index >= 15 is 0 Å². The second kappa shape index (κ2) is 8.04. The topological polar surface area (TPSA) is 67.6 Å². The monoisotopic (exact) mass is 293 g/mol. The Balaban J connectivity index is 0.00000324. The Morgan fingerprint density at radius 2 is 1.89 bits per heavy atom. The molecule has 6 heteroatoms. The molecule has 1 heterocycles. The number of morpholine rings is 1. The van der Waals surface area contributed by atoms with Gasteiger partial charge in [-0.3, -0.25) is 9.69 Å². The highest BCUT2D eigenvalue weighted by Crippen LogP contribution is 2.20. The molecule has 0 aromatic heterocycles. The predicted molar refractivity (Wildman–Crippen MR) is 79.6 cm³/mol. The van der Waals surface area contributed by atoms with Crippen molar-refractivity contribution in [3.05, 3.63) is 0 Å². The second-order valence-electron chi connectivity index (χ2n) is 5.79. The molecule has 114 valence electrons. The van der Waals surface area contributed by atoms with Crippen molar-refractivity contribution in [2.24, 2.45) is 5.73 Å². The van der Waals surface area contributed by atoms with Gasteiger partial charge in [0.2, 0.25) is 5.91 Å². The van der Waals surface area contributed by atoms with Crippen LogP contribution in [0.3, 0.4) is 0 Å². The molecule has 1 fully saturated rings. The van der Waals surface area contributed by atoms with Crippen molar-refractivity contribution in [1.29, 1.82) is 0 Å². The van der Waals surface area contributed by atoms with Crippen molar-refractivity contribution >= 4 is 18.3 Å². The van der Waals surface area contributed by atoms with Gasteiger partial charge in [0, 0.05) is 38.1 Å². The van der Waals surface area contributed by atoms with Gasteiger partial charge in [0.1, 0.15) is 0 Å². The Labute approximate surface area is 122 Å². The minimum Gasteiger partial charge on any atom is -0.373 e. The molecule has 3 N–H and O–H groups in total. The van der Waals surface area contributed by atoms with E-state index in [0.717, 1.165) is 13.1 Å². The van der Waals surface area contributed by atoms with Gasteiger partial charge in [-0.05, 0) is 27.7 Å². The van der Waals surface area contributed by atoms with Gasteiger partial charge in [0.15, 0.2) is 0 Å². The molecule has 1 aliphatic rings. The van der Waals surface area contributed by atoms with Crippen molar-refractivity contribution in [3.8, 4) is 0 Å². The molecule has 1 rings (SSSR count). The van der Waals surface area contributed by atoms with E-state index in [1.54, 1.807) is 0 Å². The molecule has 0 saturated carbocycles. The van der Waals surface area contributed by atoms with Crippen LogP contribution in [0.2, 0.25) is 0 Å². The Hall–Kier alpha value is -0.360. The number of carbonyl (C=O) groups is 1. The molecule has 1 amide bonds. The second-order valence-corrected chi connectivity index (χ2v) is 5.79. The quantitative estimate of drug-likeness (QED) is 0.785.